The third-order valence-corrected chi connectivity index (χ3v) is 2.98. The Morgan fingerprint density at radius 2 is 2.00 bits per heavy atom. The Hall–Kier alpha value is -2.83. The number of amides is 1. The molecule has 0 aliphatic heterocycles. The Labute approximate surface area is 119 Å². The topological polar surface area (TPSA) is 85.1 Å². The van der Waals surface area contributed by atoms with Crippen LogP contribution in [0.2, 0.25) is 0 Å². The van der Waals surface area contributed by atoms with E-state index < -0.39 is 16.8 Å². The van der Waals surface area contributed by atoms with Gasteiger partial charge in [-0.05, 0) is 31.5 Å². The van der Waals surface area contributed by atoms with Gasteiger partial charge in [0.2, 0.25) is 5.95 Å². The van der Waals surface area contributed by atoms with Crippen molar-refractivity contribution in [3.05, 3.63) is 63.2 Å². The highest BCUT2D eigenvalue weighted by atomic mass is 19.1. The number of carbonyl (C=O) groups excluding carboxylic acids is 1. The molecule has 1 aromatic heterocycles. The third-order valence-electron chi connectivity index (χ3n) is 2.98. The molecule has 6 nitrogen and oxygen atoms in total. The number of anilines is 1. The van der Waals surface area contributed by atoms with Gasteiger partial charge in [-0.25, -0.2) is 4.98 Å². The highest BCUT2D eigenvalue weighted by molar-refractivity contribution is 6.04. The summed E-state index contributed by atoms with van der Waals surface area (Å²) in [7, 11) is 0. The molecule has 0 saturated carbocycles. The summed E-state index contributed by atoms with van der Waals surface area (Å²) in [6.45, 7) is 3.23. The van der Waals surface area contributed by atoms with Crippen molar-refractivity contribution in [2.75, 3.05) is 5.32 Å². The monoisotopic (exact) mass is 289 g/mol. The summed E-state index contributed by atoms with van der Waals surface area (Å²) in [5.74, 6) is -1.26. The molecule has 1 amide bonds. The predicted octanol–water partition coefficient (Wildman–Crippen LogP) is 3.00. The minimum atomic E-state index is -0.751. The SMILES string of the molecule is Cc1cc([N+](=O)[O-])c(C)cc1NC(=O)c1ccnc(F)c1. The summed E-state index contributed by atoms with van der Waals surface area (Å²) in [5, 5.41) is 13.4. The average Bonchev–Trinajstić information content (AvgIpc) is 2.42. The van der Waals surface area contributed by atoms with Crippen LogP contribution in [0, 0.1) is 29.9 Å². The van der Waals surface area contributed by atoms with Crippen molar-refractivity contribution >= 4 is 17.3 Å². The second-order valence-corrected chi connectivity index (χ2v) is 4.53. The van der Waals surface area contributed by atoms with Gasteiger partial charge in [-0.3, -0.25) is 14.9 Å². The van der Waals surface area contributed by atoms with Crippen molar-refractivity contribution in [1.29, 1.82) is 0 Å². The highest BCUT2D eigenvalue weighted by Gasteiger charge is 2.15. The first-order valence-corrected chi connectivity index (χ1v) is 6.07. The minimum absolute atomic E-state index is 0.0135. The number of rotatable bonds is 3. The van der Waals surface area contributed by atoms with E-state index in [1.165, 1.54) is 24.4 Å². The van der Waals surface area contributed by atoms with E-state index in [9.17, 15) is 19.3 Å². The van der Waals surface area contributed by atoms with E-state index in [1.807, 2.05) is 0 Å². The molecule has 0 aliphatic rings. The smallest absolute Gasteiger partial charge is 0.272 e. The number of benzene rings is 1. The lowest BCUT2D eigenvalue weighted by Crippen LogP contribution is -2.13. The zero-order chi connectivity index (χ0) is 15.6. The Kier molecular flexibility index (Phi) is 3.93. The summed E-state index contributed by atoms with van der Waals surface area (Å²) in [6, 6.07) is 5.30. The summed E-state index contributed by atoms with van der Waals surface area (Å²) in [5.41, 5.74) is 1.54. The van der Waals surface area contributed by atoms with Crippen LogP contribution in [0.1, 0.15) is 21.5 Å². The fraction of sp³-hybridized carbons (Fsp3) is 0.143. The van der Waals surface area contributed by atoms with Crippen LogP contribution < -0.4 is 5.32 Å². The van der Waals surface area contributed by atoms with Gasteiger partial charge in [0, 0.05) is 35.1 Å². The number of pyridine rings is 1. The zero-order valence-corrected chi connectivity index (χ0v) is 11.4. The van der Waals surface area contributed by atoms with Gasteiger partial charge in [0.05, 0.1) is 4.92 Å². The molecule has 2 rings (SSSR count). The molecule has 0 bridgehead atoms. The van der Waals surface area contributed by atoms with Crippen LogP contribution >= 0.6 is 0 Å². The van der Waals surface area contributed by atoms with Crippen LogP contribution in [-0.2, 0) is 0 Å². The number of hydrogen-bond donors (Lipinski definition) is 1. The maximum atomic E-state index is 13.0. The van der Waals surface area contributed by atoms with Crippen molar-refractivity contribution in [1.82, 2.24) is 4.98 Å². The van der Waals surface area contributed by atoms with Gasteiger partial charge >= 0.3 is 0 Å². The maximum absolute atomic E-state index is 13.0. The maximum Gasteiger partial charge on any atom is 0.272 e. The zero-order valence-electron chi connectivity index (χ0n) is 11.4. The molecular weight excluding hydrogens is 277 g/mol. The van der Waals surface area contributed by atoms with Gasteiger partial charge in [-0.2, -0.15) is 4.39 Å². The van der Waals surface area contributed by atoms with E-state index in [1.54, 1.807) is 13.8 Å². The van der Waals surface area contributed by atoms with E-state index >= 15 is 0 Å². The van der Waals surface area contributed by atoms with Gasteiger partial charge in [-0.1, -0.05) is 0 Å². The molecule has 0 saturated heterocycles. The molecule has 0 fully saturated rings. The van der Waals surface area contributed by atoms with Gasteiger partial charge in [0.25, 0.3) is 11.6 Å². The molecule has 108 valence electrons. The van der Waals surface area contributed by atoms with E-state index in [0.29, 0.717) is 16.8 Å². The summed E-state index contributed by atoms with van der Waals surface area (Å²) in [6.07, 6.45) is 1.19. The van der Waals surface area contributed by atoms with Gasteiger partial charge in [0.15, 0.2) is 0 Å². The molecule has 2 aromatic rings. The number of hydrogen-bond acceptors (Lipinski definition) is 4. The Balaban J connectivity index is 2.30. The molecule has 0 atom stereocenters. The molecule has 0 spiro atoms. The van der Waals surface area contributed by atoms with Crippen molar-refractivity contribution in [2.45, 2.75) is 13.8 Å². The first-order chi connectivity index (χ1) is 9.88. The van der Waals surface area contributed by atoms with Crippen LogP contribution in [0.4, 0.5) is 15.8 Å². The molecule has 7 heteroatoms. The highest BCUT2D eigenvalue weighted by Crippen LogP contribution is 2.26. The number of aromatic nitrogens is 1. The second-order valence-electron chi connectivity index (χ2n) is 4.53. The fourth-order valence-corrected chi connectivity index (χ4v) is 1.87. The van der Waals surface area contributed by atoms with Crippen LogP contribution in [0.15, 0.2) is 30.5 Å². The lowest BCUT2D eigenvalue weighted by atomic mass is 10.1. The van der Waals surface area contributed by atoms with E-state index in [2.05, 4.69) is 10.3 Å². The number of halogens is 1. The van der Waals surface area contributed by atoms with Crippen LogP contribution in [-0.4, -0.2) is 15.8 Å². The lowest BCUT2D eigenvalue weighted by Gasteiger charge is -2.10. The molecule has 21 heavy (non-hydrogen) atoms. The van der Waals surface area contributed by atoms with Crippen LogP contribution in [0.3, 0.4) is 0 Å². The minimum Gasteiger partial charge on any atom is -0.322 e. The van der Waals surface area contributed by atoms with E-state index in [4.69, 9.17) is 0 Å². The van der Waals surface area contributed by atoms with Crippen molar-refractivity contribution in [3.8, 4) is 0 Å². The number of nitro benzene ring substituents is 1. The van der Waals surface area contributed by atoms with Gasteiger partial charge in [-0.15, -0.1) is 0 Å². The Morgan fingerprint density at radius 1 is 1.29 bits per heavy atom. The molecule has 1 N–H and O–H groups in total. The first-order valence-electron chi connectivity index (χ1n) is 6.07. The van der Waals surface area contributed by atoms with Crippen molar-refractivity contribution in [2.24, 2.45) is 0 Å². The normalized spacial score (nSPS) is 10.2. The third kappa shape index (κ3) is 3.19. The number of carbonyl (C=O) groups is 1. The lowest BCUT2D eigenvalue weighted by molar-refractivity contribution is -0.385. The number of nitro groups is 1. The molecule has 0 aliphatic carbocycles. The summed E-state index contributed by atoms with van der Waals surface area (Å²) >= 11 is 0. The Bertz CT molecular complexity index is 731. The fourth-order valence-electron chi connectivity index (χ4n) is 1.87. The average molecular weight is 289 g/mol. The Morgan fingerprint density at radius 3 is 2.62 bits per heavy atom. The van der Waals surface area contributed by atoms with E-state index in [0.717, 1.165) is 6.07 Å². The van der Waals surface area contributed by atoms with Crippen molar-refractivity contribution < 1.29 is 14.1 Å². The molecule has 0 unspecified atom stereocenters. The van der Waals surface area contributed by atoms with Crippen molar-refractivity contribution in [3.63, 3.8) is 0 Å². The van der Waals surface area contributed by atoms with E-state index in [-0.39, 0.29) is 11.3 Å². The van der Waals surface area contributed by atoms with Crippen LogP contribution in [0.5, 0.6) is 0 Å². The number of nitrogens with one attached hydrogen (secondary N) is 1. The molecular formula is C14H12FN3O3. The number of aryl methyl sites for hydroxylation is 2. The van der Waals surface area contributed by atoms with Gasteiger partial charge < -0.3 is 5.32 Å². The quantitative estimate of drug-likeness (QED) is 0.534. The van der Waals surface area contributed by atoms with Crippen LogP contribution in [0.25, 0.3) is 0 Å². The second kappa shape index (κ2) is 5.66. The first kappa shape index (κ1) is 14.6. The summed E-state index contributed by atoms with van der Waals surface area (Å²) < 4.78 is 13.0. The summed E-state index contributed by atoms with van der Waals surface area (Å²) in [4.78, 5) is 25.7. The predicted molar refractivity (Wildman–Crippen MR) is 74.7 cm³/mol. The number of nitrogens with zero attached hydrogens (tertiary/aromatic N) is 2. The standard InChI is InChI=1S/C14H12FN3O3/c1-8-6-12(18(20)21)9(2)5-11(8)17-14(19)10-3-4-16-13(15)7-10/h3-7H,1-2H3,(H,17,19). The molecule has 1 aromatic carbocycles. The van der Waals surface area contributed by atoms with Gasteiger partial charge in [0.1, 0.15) is 0 Å². The molecule has 0 radical (unpaired) electrons. The largest absolute Gasteiger partial charge is 0.322 e. The molecule has 1 heterocycles.